The van der Waals surface area contributed by atoms with Gasteiger partial charge in [-0.25, -0.2) is 4.39 Å². The molecule has 0 bridgehead atoms. The van der Waals surface area contributed by atoms with Gasteiger partial charge >= 0.3 is 0 Å². The normalized spacial score (nSPS) is 11.3. The minimum absolute atomic E-state index is 0.193. The van der Waals surface area contributed by atoms with E-state index in [1.165, 1.54) is 6.07 Å². The standard InChI is InChI=1S/C12H8FNS/c13-7-1-3-9-10-4-2-8(14)6-12(10)15-11(9)5-7/h1-6H,14H2. The summed E-state index contributed by atoms with van der Waals surface area (Å²) in [5, 5.41) is 2.24. The van der Waals surface area contributed by atoms with Crippen LogP contribution in [0, 0.1) is 5.82 Å². The first-order valence-electron chi connectivity index (χ1n) is 4.61. The fourth-order valence-electron chi connectivity index (χ4n) is 1.77. The quantitative estimate of drug-likeness (QED) is 0.570. The molecule has 3 aromatic rings. The topological polar surface area (TPSA) is 26.0 Å². The predicted octanol–water partition coefficient (Wildman–Crippen LogP) is 3.78. The first kappa shape index (κ1) is 8.68. The molecule has 0 aliphatic rings. The SMILES string of the molecule is Nc1ccc2c(c1)sc1cc(F)ccc12. The number of halogens is 1. The summed E-state index contributed by atoms with van der Waals surface area (Å²) in [6, 6.07) is 10.7. The second-order valence-corrected chi connectivity index (χ2v) is 4.58. The number of hydrogen-bond donors (Lipinski definition) is 1. The Labute approximate surface area is 89.9 Å². The molecule has 3 rings (SSSR count). The summed E-state index contributed by atoms with van der Waals surface area (Å²) in [7, 11) is 0. The van der Waals surface area contributed by atoms with Gasteiger partial charge in [0.15, 0.2) is 0 Å². The van der Waals surface area contributed by atoms with Crippen LogP contribution < -0.4 is 5.73 Å². The molecule has 0 amide bonds. The smallest absolute Gasteiger partial charge is 0.124 e. The van der Waals surface area contributed by atoms with Crippen molar-refractivity contribution in [2.75, 3.05) is 5.73 Å². The average Bonchev–Trinajstić information content (AvgIpc) is 2.53. The van der Waals surface area contributed by atoms with Crippen LogP contribution in [-0.4, -0.2) is 0 Å². The third-order valence-corrected chi connectivity index (χ3v) is 3.57. The Morgan fingerprint density at radius 2 is 1.60 bits per heavy atom. The van der Waals surface area contributed by atoms with Crippen molar-refractivity contribution in [1.29, 1.82) is 0 Å². The summed E-state index contributed by atoms with van der Waals surface area (Å²) in [4.78, 5) is 0. The Bertz CT molecular complexity index is 601. The van der Waals surface area contributed by atoms with Crippen LogP contribution in [0.15, 0.2) is 36.4 Å². The van der Waals surface area contributed by atoms with Crippen molar-refractivity contribution in [2.45, 2.75) is 0 Å². The largest absolute Gasteiger partial charge is 0.399 e. The molecule has 0 unspecified atom stereocenters. The molecule has 1 aromatic heterocycles. The number of anilines is 1. The molecule has 0 saturated heterocycles. The lowest BCUT2D eigenvalue weighted by Crippen LogP contribution is -1.81. The number of hydrogen-bond acceptors (Lipinski definition) is 2. The van der Waals surface area contributed by atoms with E-state index in [1.807, 2.05) is 24.3 Å². The zero-order valence-corrected chi connectivity index (χ0v) is 8.64. The molecule has 2 N–H and O–H groups in total. The maximum atomic E-state index is 13.0. The van der Waals surface area contributed by atoms with Crippen LogP contribution in [0.5, 0.6) is 0 Å². The minimum atomic E-state index is -0.193. The summed E-state index contributed by atoms with van der Waals surface area (Å²) in [5.74, 6) is -0.193. The van der Waals surface area contributed by atoms with Gasteiger partial charge in [0.05, 0.1) is 0 Å². The van der Waals surface area contributed by atoms with Crippen LogP contribution in [0.1, 0.15) is 0 Å². The van der Waals surface area contributed by atoms with Gasteiger partial charge in [-0.05, 0) is 24.3 Å². The highest BCUT2D eigenvalue weighted by atomic mass is 32.1. The summed E-state index contributed by atoms with van der Waals surface area (Å²) in [6.07, 6.45) is 0. The van der Waals surface area contributed by atoms with Crippen molar-refractivity contribution >= 4 is 37.2 Å². The van der Waals surface area contributed by atoms with E-state index in [0.717, 1.165) is 25.9 Å². The van der Waals surface area contributed by atoms with Crippen molar-refractivity contribution < 1.29 is 4.39 Å². The van der Waals surface area contributed by atoms with Gasteiger partial charge in [-0.2, -0.15) is 0 Å². The molecule has 0 saturated carbocycles. The van der Waals surface area contributed by atoms with E-state index in [2.05, 4.69) is 0 Å². The van der Waals surface area contributed by atoms with Crippen LogP contribution in [0.4, 0.5) is 10.1 Å². The molecular weight excluding hydrogens is 209 g/mol. The van der Waals surface area contributed by atoms with E-state index in [1.54, 1.807) is 17.4 Å². The number of nitrogen functional groups attached to an aromatic ring is 1. The number of rotatable bonds is 0. The summed E-state index contributed by atoms with van der Waals surface area (Å²) in [6.45, 7) is 0. The van der Waals surface area contributed by atoms with Crippen molar-refractivity contribution in [3.05, 3.63) is 42.2 Å². The highest BCUT2D eigenvalue weighted by molar-refractivity contribution is 7.25. The van der Waals surface area contributed by atoms with Crippen molar-refractivity contribution in [1.82, 2.24) is 0 Å². The van der Waals surface area contributed by atoms with Crippen LogP contribution in [0.25, 0.3) is 20.2 Å². The molecule has 74 valence electrons. The fourth-order valence-corrected chi connectivity index (χ4v) is 2.95. The summed E-state index contributed by atoms with van der Waals surface area (Å²) < 4.78 is 15.1. The molecule has 1 nitrogen and oxygen atoms in total. The molecule has 0 fully saturated rings. The Balaban J connectivity index is 2.51. The Hall–Kier alpha value is -1.61. The van der Waals surface area contributed by atoms with Gasteiger partial charge in [0.2, 0.25) is 0 Å². The van der Waals surface area contributed by atoms with Crippen LogP contribution >= 0.6 is 11.3 Å². The lowest BCUT2D eigenvalue weighted by Gasteiger charge is -1.93. The first-order valence-corrected chi connectivity index (χ1v) is 5.43. The predicted molar refractivity (Wildman–Crippen MR) is 63.7 cm³/mol. The highest BCUT2D eigenvalue weighted by Gasteiger charge is 2.05. The second kappa shape index (κ2) is 2.94. The van der Waals surface area contributed by atoms with E-state index >= 15 is 0 Å². The molecule has 3 heteroatoms. The van der Waals surface area contributed by atoms with Gasteiger partial charge in [-0.1, -0.05) is 12.1 Å². The molecule has 0 aliphatic heterocycles. The first-order chi connectivity index (χ1) is 7.24. The van der Waals surface area contributed by atoms with Crippen molar-refractivity contribution in [3.8, 4) is 0 Å². The highest BCUT2D eigenvalue weighted by Crippen LogP contribution is 2.34. The molecule has 0 aliphatic carbocycles. The molecule has 15 heavy (non-hydrogen) atoms. The Kier molecular flexibility index (Phi) is 1.70. The third-order valence-electron chi connectivity index (χ3n) is 2.46. The molecule has 0 spiro atoms. The van der Waals surface area contributed by atoms with E-state index in [-0.39, 0.29) is 5.82 Å². The van der Waals surface area contributed by atoms with Gasteiger partial charge in [0.1, 0.15) is 5.82 Å². The lowest BCUT2D eigenvalue weighted by atomic mass is 10.1. The number of benzene rings is 2. The lowest BCUT2D eigenvalue weighted by molar-refractivity contribution is 0.630. The Morgan fingerprint density at radius 1 is 0.933 bits per heavy atom. The van der Waals surface area contributed by atoms with Gasteiger partial charge in [-0.15, -0.1) is 11.3 Å². The van der Waals surface area contributed by atoms with Crippen LogP contribution in [0.2, 0.25) is 0 Å². The van der Waals surface area contributed by atoms with E-state index in [4.69, 9.17) is 5.73 Å². The zero-order valence-electron chi connectivity index (χ0n) is 7.83. The van der Waals surface area contributed by atoms with E-state index in [0.29, 0.717) is 0 Å². The van der Waals surface area contributed by atoms with E-state index < -0.39 is 0 Å². The van der Waals surface area contributed by atoms with Gasteiger partial charge < -0.3 is 5.73 Å². The molecule has 0 radical (unpaired) electrons. The number of fused-ring (bicyclic) bond motifs is 3. The van der Waals surface area contributed by atoms with Gasteiger partial charge in [-0.3, -0.25) is 0 Å². The minimum Gasteiger partial charge on any atom is -0.399 e. The zero-order chi connectivity index (χ0) is 10.4. The third kappa shape index (κ3) is 1.27. The number of nitrogens with two attached hydrogens (primary N) is 1. The molecular formula is C12H8FNS. The van der Waals surface area contributed by atoms with E-state index in [9.17, 15) is 4.39 Å². The molecule has 0 atom stereocenters. The second-order valence-electron chi connectivity index (χ2n) is 3.50. The van der Waals surface area contributed by atoms with Crippen LogP contribution in [0.3, 0.4) is 0 Å². The van der Waals surface area contributed by atoms with Crippen LogP contribution in [-0.2, 0) is 0 Å². The fraction of sp³-hybridized carbons (Fsp3) is 0. The van der Waals surface area contributed by atoms with Gasteiger partial charge in [0, 0.05) is 25.9 Å². The average molecular weight is 217 g/mol. The molecule has 2 aromatic carbocycles. The Morgan fingerprint density at radius 3 is 2.40 bits per heavy atom. The summed E-state index contributed by atoms with van der Waals surface area (Å²) in [5.41, 5.74) is 6.45. The monoisotopic (exact) mass is 217 g/mol. The summed E-state index contributed by atoms with van der Waals surface area (Å²) >= 11 is 1.57. The molecule has 1 heterocycles. The van der Waals surface area contributed by atoms with Crippen molar-refractivity contribution in [2.24, 2.45) is 0 Å². The maximum absolute atomic E-state index is 13.0. The van der Waals surface area contributed by atoms with Crippen molar-refractivity contribution in [3.63, 3.8) is 0 Å². The van der Waals surface area contributed by atoms with Gasteiger partial charge in [0.25, 0.3) is 0 Å². The number of thiophene rings is 1. The maximum Gasteiger partial charge on any atom is 0.124 e.